The Morgan fingerprint density at radius 1 is 1.15 bits per heavy atom. The van der Waals surface area contributed by atoms with E-state index >= 15 is 0 Å². The van der Waals surface area contributed by atoms with Gasteiger partial charge in [-0.3, -0.25) is 11.3 Å². The third kappa shape index (κ3) is 7.98. The number of hydrazine groups is 1. The van der Waals surface area contributed by atoms with E-state index in [1.165, 1.54) is 57.1 Å². The van der Waals surface area contributed by atoms with Gasteiger partial charge >= 0.3 is 0 Å². The van der Waals surface area contributed by atoms with E-state index in [0.29, 0.717) is 6.04 Å². The Morgan fingerprint density at radius 3 is 2.35 bits per heavy atom. The first-order chi connectivity index (χ1) is 9.76. The number of hydrogen-bond acceptors (Lipinski definition) is 4. The van der Waals surface area contributed by atoms with Gasteiger partial charge in [-0.2, -0.15) is 0 Å². The average Bonchev–Trinajstić information content (AvgIpc) is 2.85. The van der Waals surface area contributed by atoms with Crippen LogP contribution in [0.1, 0.15) is 75.4 Å². The highest BCUT2D eigenvalue weighted by atomic mass is 32.1. The van der Waals surface area contributed by atoms with Crippen molar-refractivity contribution >= 4 is 11.3 Å². The van der Waals surface area contributed by atoms with Crippen molar-refractivity contribution in [2.45, 2.75) is 84.1 Å². The lowest BCUT2D eigenvalue weighted by Crippen LogP contribution is -2.36. The molecule has 0 spiro atoms. The average molecular weight is 298 g/mol. The van der Waals surface area contributed by atoms with Crippen LogP contribution in [-0.2, 0) is 6.42 Å². The van der Waals surface area contributed by atoms with E-state index in [1.54, 1.807) is 11.3 Å². The normalized spacial score (nSPS) is 12.8. The number of aryl methyl sites for hydroxylation is 1. The molecule has 0 amide bonds. The molecule has 1 heterocycles. The molecule has 0 aliphatic rings. The number of unbranched alkanes of at least 4 members (excludes halogenated alkanes) is 7. The van der Waals surface area contributed by atoms with Crippen molar-refractivity contribution in [2.24, 2.45) is 5.84 Å². The second-order valence-corrected chi connectivity index (χ2v) is 6.75. The maximum Gasteiger partial charge on any atom is 0.0897 e. The van der Waals surface area contributed by atoms with E-state index in [0.717, 1.165) is 17.8 Å². The Labute approximate surface area is 128 Å². The summed E-state index contributed by atoms with van der Waals surface area (Å²) in [5.41, 5.74) is 4.12. The van der Waals surface area contributed by atoms with Crippen molar-refractivity contribution in [1.82, 2.24) is 10.4 Å². The molecule has 3 nitrogen and oxygen atoms in total. The number of thiazole rings is 1. The number of aromatic nitrogens is 1. The third-order valence-electron chi connectivity index (χ3n) is 3.76. The van der Waals surface area contributed by atoms with Crippen LogP contribution in [0.5, 0.6) is 0 Å². The maximum atomic E-state index is 5.65. The van der Waals surface area contributed by atoms with E-state index in [1.807, 2.05) is 0 Å². The highest BCUT2D eigenvalue weighted by molar-refractivity contribution is 7.09. The summed E-state index contributed by atoms with van der Waals surface area (Å²) in [6, 6.07) is 0.372. The standard InChI is InChI=1S/C16H31N3S/c1-3-4-5-6-7-8-9-10-11-15(19-17)12-16-13-20-14(2)18-16/h13,15,19H,3-12,17H2,1-2H3. The molecule has 0 saturated heterocycles. The third-order valence-corrected chi connectivity index (χ3v) is 4.59. The van der Waals surface area contributed by atoms with Crippen molar-refractivity contribution in [3.8, 4) is 0 Å². The van der Waals surface area contributed by atoms with Gasteiger partial charge in [0.1, 0.15) is 0 Å². The van der Waals surface area contributed by atoms with Gasteiger partial charge in [-0.25, -0.2) is 4.98 Å². The van der Waals surface area contributed by atoms with Crippen molar-refractivity contribution in [3.05, 3.63) is 16.1 Å². The SMILES string of the molecule is CCCCCCCCCCC(Cc1csc(C)n1)NN. The van der Waals surface area contributed by atoms with Gasteiger partial charge in [0.25, 0.3) is 0 Å². The van der Waals surface area contributed by atoms with Gasteiger partial charge in [-0.05, 0) is 13.3 Å². The number of nitrogens with one attached hydrogen (secondary N) is 1. The molecular formula is C16H31N3S. The minimum atomic E-state index is 0.372. The molecule has 1 aromatic rings. The number of nitrogens with zero attached hydrogens (tertiary/aromatic N) is 1. The zero-order valence-electron chi connectivity index (χ0n) is 13.2. The minimum Gasteiger partial charge on any atom is -0.271 e. The van der Waals surface area contributed by atoms with E-state index in [9.17, 15) is 0 Å². The number of nitrogens with two attached hydrogens (primary N) is 1. The molecular weight excluding hydrogens is 266 g/mol. The zero-order chi connectivity index (χ0) is 14.6. The second kappa shape index (κ2) is 11.2. The molecule has 0 fully saturated rings. The smallest absolute Gasteiger partial charge is 0.0897 e. The van der Waals surface area contributed by atoms with Crippen molar-refractivity contribution < 1.29 is 0 Å². The maximum absolute atomic E-state index is 5.65. The summed E-state index contributed by atoms with van der Waals surface area (Å²) >= 11 is 1.72. The first kappa shape index (κ1) is 17.6. The van der Waals surface area contributed by atoms with Gasteiger partial charge in [-0.15, -0.1) is 11.3 Å². The quantitative estimate of drug-likeness (QED) is 0.342. The molecule has 3 N–H and O–H groups in total. The Morgan fingerprint density at radius 2 is 1.80 bits per heavy atom. The zero-order valence-corrected chi connectivity index (χ0v) is 14.0. The molecule has 116 valence electrons. The van der Waals surface area contributed by atoms with Crippen LogP contribution in [0.2, 0.25) is 0 Å². The van der Waals surface area contributed by atoms with Gasteiger partial charge in [-0.1, -0.05) is 58.3 Å². The molecule has 1 unspecified atom stereocenters. The van der Waals surface area contributed by atoms with E-state index in [4.69, 9.17) is 5.84 Å². The molecule has 0 bridgehead atoms. The number of hydrogen-bond donors (Lipinski definition) is 2. The van der Waals surface area contributed by atoms with Gasteiger partial charge in [0.05, 0.1) is 10.7 Å². The van der Waals surface area contributed by atoms with Crippen LogP contribution in [0.3, 0.4) is 0 Å². The van der Waals surface area contributed by atoms with Crippen molar-refractivity contribution in [1.29, 1.82) is 0 Å². The first-order valence-electron chi connectivity index (χ1n) is 8.13. The molecule has 0 saturated carbocycles. The molecule has 0 aliphatic carbocycles. The minimum absolute atomic E-state index is 0.372. The Balaban J connectivity index is 2.03. The molecule has 1 atom stereocenters. The van der Waals surface area contributed by atoms with Gasteiger partial charge in [0, 0.05) is 17.8 Å². The van der Waals surface area contributed by atoms with Crippen LogP contribution in [0, 0.1) is 6.92 Å². The summed E-state index contributed by atoms with van der Waals surface area (Å²) in [6.45, 7) is 4.32. The molecule has 0 aliphatic heterocycles. The lowest BCUT2D eigenvalue weighted by atomic mass is 10.0. The van der Waals surface area contributed by atoms with Crippen molar-refractivity contribution in [2.75, 3.05) is 0 Å². The van der Waals surface area contributed by atoms with Crippen LogP contribution in [0.4, 0.5) is 0 Å². The van der Waals surface area contributed by atoms with Crippen LogP contribution in [-0.4, -0.2) is 11.0 Å². The summed E-state index contributed by atoms with van der Waals surface area (Å²) in [6.07, 6.45) is 13.0. The predicted octanol–water partition coefficient (Wildman–Crippen LogP) is 4.36. The highest BCUT2D eigenvalue weighted by Gasteiger charge is 2.09. The molecule has 4 heteroatoms. The fourth-order valence-corrected chi connectivity index (χ4v) is 3.15. The van der Waals surface area contributed by atoms with Crippen molar-refractivity contribution in [3.63, 3.8) is 0 Å². The summed E-state index contributed by atoms with van der Waals surface area (Å²) in [4.78, 5) is 4.51. The lowest BCUT2D eigenvalue weighted by molar-refractivity contribution is 0.455. The monoisotopic (exact) mass is 297 g/mol. The summed E-state index contributed by atoms with van der Waals surface area (Å²) in [5.74, 6) is 5.65. The number of rotatable bonds is 12. The highest BCUT2D eigenvalue weighted by Crippen LogP contribution is 2.14. The first-order valence-corrected chi connectivity index (χ1v) is 9.01. The molecule has 0 aromatic carbocycles. The largest absolute Gasteiger partial charge is 0.271 e. The lowest BCUT2D eigenvalue weighted by Gasteiger charge is -2.14. The molecule has 1 rings (SSSR count). The summed E-state index contributed by atoms with van der Waals surface area (Å²) in [5, 5.41) is 3.29. The Bertz CT molecular complexity index is 338. The molecule has 20 heavy (non-hydrogen) atoms. The van der Waals surface area contributed by atoms with Gasteiger partial charge < -0.3 is 0 Å². The topological polar surface area (TPSA) is 50.9 Å². The summed E-state index contributed by atoms with van der Waals surface area (Å²) in [7, 11) is 0. The van der Waals surface area contributed by atoms with Crippen LogP contribution in [0.25, 0.3) is 0 Å². The Hall–Kier alpha value is -0.450. The van der Waals surface area contributed by atoms with Crippen LogP contribution >= 0.6 is 11.3 Å². The Kier molecular flexibility index (Phi) is 9.89. The predicted molar refractivity (Wildman–Crippen MR) is 88.9 cm³/mol. The van der Waals surface area contributed by atoms with Crippen LogP contribution in [0.15, 0.2) is 5.38 Å². The van der Waals surface area contributed by atoms with E-state index < -0.39 is 0 Å². The molecule has 0 radical (unpaired) electrons. The van der Waals surface area contributed by atoms with E-state index in [2.05, 4.69) is 29.6 Å². The second-order valence-electron chi connectivity index (χ2n) is 5.69. The summed E-state index contributed by atoms with van der Waals surface area (Å²) < 4.78 is 0. The fraction of sp³-hybridized carbons (Fsp3) is 0.812. The molecule has 1 aromatic heterocycles. The van der Waals surface area contributed by atoms with Gasteiger partial charge in [0.15, 0.2) is 0 Å². The fourth-order valence-electron chi connectivity index (χ4n) is 2.52. The van der Waals surface area contributed by atoms with Gasteiger partial charge in [0.2, 0.25) is 0 Å². The van der Waals surface area contributed by atoms with Crippen LogP contribution < -0.4 is 11.3 Å². The van der Waals surface area contributed by atoms with E-state index in [-0.39, 0.29) is 0 Å².